The van der Waals surface area contributed by atoms with Crippen molar-refractivity contribution in [2.75, 3.05) is 0 Å². The molecular weight excluding hydrogens is 581 g/mol. The van der Waals surface area contributed by atoms with Crippen LogP contribution >= 0.6 is 0 Å². The Morgan fingerprint density at radius 1 is 0.250 bits per heavy atom. The van der Waals surface area contributed by atoms with Crippen molar-refractivity contribution in [2.24, 2.45) is 59.2 Å². The molecule has 0 N–H and O–H groups in total. The fraction of sp³-hybridized carbons (Fsp3) is 1.00. The number of rotatable bonds is 4. The maximum atomic E-state index is 3.48. The maximum absolute atomic E-state index is 3.48. The lowest BCUT2D eigenvalue weighted by molar-refractivity contribution is -0.0261. The van der Waals surface area contributed by atoms with Crippen LogP contribution in [0.2, 0.25) is 0 Å². The van der Waals surface area contributed by atoms with Crippen LogP contribution in [0.5, 0.6) is 0 Å². The summed E-state index contributed by atoms with van der Waals surface area (Å²) in [4.78, 5) is 6.92. The van der Waals surface area contributed by atoms with Gasteiger partial charge in [0, 0.05) is 36.3 Å². The van der Waals surface area contributed by atoms with E-state index in [0.717, 1.165) is 95.4 Å². The molecule has 0 spiro atoms. The predicted octanol–water partition coefficient (Wildman–Crippen LogP) is 11.8. The van der Waals surface area contributed by atoms with Crippen LogP contribution in [0.25, 0.3) is 0 Å². The monoisotopic (exact) mass is 657 g/mol. The summed E-state index contributed by atoms with van der Waals surface area (Å²) in [7, 11) is 0. The Balaban J connectivity index is 0.966. The zero-order chi connectivity index (χ0) is 31.6. The highest BCUT2D eigenvalue weighted by molar-refractivity contribution is 5.17. The van der Waals surface area contributed by atoms with Crippen LogP contribution < -0.4 is 0 Å². The van der Waals surface area contributed by atoms with Crippen LogP contribution in [0, 0.1) is 59.2 Å². The minimum Gasteiger partial charge on any atom is -0.294 e. The molecular formula is C46H76N2. The summed E-state index contributed by atoms with van der Waals surface area (Å²) >= 11 is 0. The lowest BCUT2D eigenvalue weighted by Crippen LogP contribution is -2.56. The van der Waals surface area contributed by atoms with E-state index in [1.807, 2.05) is 0 Å². The first-order valence-electron chi connectivity index (χ1n) is 23.4. The van der Waals surface area contributed by atoms with Gasteiger partial charge in [-0.1, -0.05) is 122 Å². The largest absolute Gasteiger partial charge is 0.294 e. The molecule has 10 aliphatic rings. The predicted molar refractivity (Wildman–Crippen MR) is 200 cm³/mol. The quantitative estimate of drug-likeness (QED) is 0.297. The molecule has 2 heteroatoms. The molecule has 8 aliphatic carbocycles. The van der Waals surface area contributed by atoms with Crippen LogP contribution in [0.4, 0.5) is 0 Å². The highest BCUT2D eigenvalue weighted by Gasteiger charge is 2.64. The summed E-state index contributed by atoms with van der Waals surface area (Å²) in [6.45, 7) is 0. The zero-order valence-corrected chi connectivity index (χ0v) is 31.3. The molecule has 0 aromatic rings. The molecule has 2 saturated heterocycles. The molecule has 0 radical (unpaired) electrons. The molecule has 13 unspecified atom stereocenters. The second-order valence-electron chi connectivity index (χ2n) is 20.7. The Bertz CT molecular complexity index is 1050. The number of hydrogen-bond donors (Lipinski definition) is 0. The van der Waals surface area contributed by atoms with Gasteiger partial charge in [-0.05, 0) is 130 Å². The van der Waals surface area contributed by atoms with E-state index >= 15 is 0 Å². The fourth-order valence-corrected chi connectivity index (χ4v) is 17.4. The van der Waals surface area contributed by atoms with Crippen molar-refractivity contribution >= 4 is 0 Å². The summed E-state index contributed by atoms with van der Waals surface area (Å²) < 4.78 is 0. The van der Waals surface area contributed by atoms with Gasteiger partial charge in [0.05, 0.1) is 0 Å². The van der Waals surface area contributed by atoms with Crippen molar-refractivity contribution in [3.05, 3.63) is 0 Å². The van der Waals surface area contributed by atoms with Crippen LogP contribution in [0.3, 0.4) is 0 Å². The van der Waals surface area contributed by atoms with Gasteiger partial charge in [0.1, 0.15) is 0 Å². The number of nitrogens with zero attached hydrogens (tertiary/aromatic N) is 2. The van der Waals surface area contributed by atoms with E-state index in [4.69, 9.17) is 0 Å². The second kappa shape index (κ2) is 14.0. The van der Waals surface area contributed by atoms with Gasteiger partial charge >= 0.3 is 0 Å². The molecule has 0 aromatic carbocycles. The standard InChI is InChI=1S/C46H76N2/c1-3-14-31(15-4-1)34-28-35(32-16-5-2-6-17-32)30-36(29-34)47-41-23-11-9-21-38(41)45-43(47)26-27-44-46(45)39-22-10-12-24-42(39)48(44)40-25-13-19-33-18-7-8-20-37(33)40/h31-46H,1-30H2. The van der Waals surface area contributed by atoms with E-state index in [9.17, 15) is 0 Å². The van der Waals surface area contributed by atoms with Crippen molar-refractivity contribution in [3.8, 4) is 0 Å². The zero-order valence-electron chi connectivity index (χ0n) is 31.3. The smallest absolute Gasteiger partial charge is 0.0137 e. The van der Waals surface area contributed by atoms with Crippen LogP contribution in [-0.2, 0) is 0 Å². The summed E-state index contributed by atoms with van der Waals surface area (Å²) in [6.07, 6.45) is 47.0. The average molecular weight is 657 g/mol. The van der Waals surface area contributed by atoms with E-state index in [2.05, 4.69) is 9.80 Å². The van der Waals surface area contributed by atoms with Gasteiger partial charge in [-0.2, -0.15) is 0 Å². The highest BCUT2D eigenvalue weighted by Crippen LogP contribution is 2.62. The van der Waals surface area contributed by atoms with E-state index in [1.165, 1.54) is 19.3 Å². The molecule has 270 valence electrons. The van der Waals surface area contributed by atoms with Gasteiger partial charge in [-0.15, -0.1) is 0 Å². The average Bonchev–Trinajstić information content (AvgIpc) is 3.68. The van der Waals surface area contributed by atoms with Gasteiger partial charge in [0.2, 0.25) is 0 Å². The Labute approximate surface area is 297 Å². The summed E-state index contributed by atoms with van der Waals surface area (Å²) in [5, 5.41) is 0. The third-order valence-corrected chi connectivity index (χ3v) is 18.9. The van der Waals surface area contributed by atoms with Gasteiger partial charge in [0.15, 0.2) is 0 Å². The normalized spacial score (nSPS) is 51.0. The minimum atomic E-state index is 0.941. The van der Waals surface area contributed by atoms with Crippen molar-refractivity contribution < 1.29 is 0 Å². The lowest BCUT2D eigenvalue weighted by atomic mass is 9.61. The molecule has 2 nitrogen and oxygen atoms in total. The van der Waals surface area contributed by atoms with Crippen molar-refractivity contribution in [2.45, 2.75) is 229 Å². The Kier molecular flexibility index (Phi) is 9.53. The third-order valence-electron chi connectivity index (χ3n) is 18.9. The van der Waals surface area contributed by atoms with Crippen LogP contribution in [0.1, 0.15) is 193 Å². The van der Waals surface area contributed by atoms with Crippen molar-refractivity contribution in [1.29, 1.82) is 0 Å². The number of hydrogen-bond acceptors (Lipinski definition) is 2. The van der Waals surface area contributed by atoms with Gasteiger partial charge in [-0.3, -0.25) is 9.80 Å². The first kappa shape index (κ1) is 32.6. The molecule has 0 bridgehead atoms. The molecule has 48 heavy (non-hydrogen) atoms. The second-order valence-corrected chi connectivity index (χ2v) is 20.7. The maximum Gasteiger partial charge on any atom is 0.0137 e. The van der Waals surface area contributed by atoms with Crippen molar-refractivity contribution in [1.82, 2.24) is 9.80 Å². The van der Waals surface area contributed by atoms with E-state index < -0.39 is 0 Å². The van der Waals surface area contributed by atoms with Crippen LogP contribution in [-0.4, -0.2) is 46.1 Å². The summed E-state index contributed by atoms with van der Waals surface area (Å²) in [5.41, 5.74) is 0. The Morgan fingerprint density at radius 2 is 0.667 bits per heavy atom. The molecule has 10 fully saturated rings. The molecule has 0 amide bonds. The minimum absolute atomic E-state index is 0.941. The number of likely N-dealkylation sites (tertiary alicyclic amines) is 2. The molecule has 0 aromatic heterocycles. The van der Waals surface area contributed by atoms with E-state index in [0.29, 0.717) is 0 Å². The fourth-order valence-electron chi connectivity index (χ4n) is 17.4. The van der Waals surface area contributed by atoms with E-state index in [1.54, 1.807) is 173 Å². The molecule has 2 heterocycles. The molecule has 8 saturated carbocycles. The SMILES string of the molecule is C1CCC(C2CC(C3CCCCC3)CC(N3C4CCCCC4C4C5C6CCCCC6N(C6CCCC7CCCCC76)C5CCC43)C2)CC1. The molecule has 10 rings (SSSR count). The lowest BCUT2D eigenvalue weighted by Gasteiger charge is -2.52. The first-order valence-corrected chi connectivity index (χ1v) is 23.4. The Hall–Kier alpha value is -0.0800. The van der Waals surface area contributed by atoms with Gasteiger partial charge in [0.25, 0.3) is 0 Å². The highest BCUT2D eigenvalue weighted by atomic mass is 15.3. The topological polar surface area (TPSA) is 6.48 Å². The third kappa shape index (κ3) is 5.66. The van der Waals surface area contributed by atoms with E-state index in [-0.39, 0.29) is 0 Å². The first-order chi connectivity index (χ1) is 23.8. The van der Waals surface area contributed by atoms with Gasteiger partial charge < -0.3 is 0 Å². The van der Waals surface area contributed by atoms with Crippen LogP contribution in [0.15, 0.2) is 0 Å². The summed E-state index contributed by atoms with van der Waals surface area (Å²) in [5.74, 6) is 10.6. The Morgan fingerprint density at radius 3 is 1.29 bits per heavy atom. The van der Waals surface area contributed by atoms with Gasteiger partial charge in [-0.25, -0.2) is 0 Å². The number of fused-ring (bicyclic) bond motifs is 8. The molecule has 2 aliphatic heterocycles. The molecule has 13 atom stereocenters. The summed E-state index contributed by atoms with van der Waals surface area (Å²) in [6, 6.07) is 5.75. The van der Waals surface area contributed by atoms with Crippen molar-refractivity contribution in [3.63, 3.8) is 0 Å².